The Morgan fingerprint density at radius 2 is 2.24 bits per heavy atom. The normalized spacial score (nSPS) is 16.8. The van der Waals surface area contributed by atoms with Crippen molar-refractivity contribution in [3.05, 3.63) is 47.3 Å². The largest absolute Gasteiger partial charge is 0.480 e. The molecular formula is C17H17N5O3. The Labute approximate surface area is 142 Å². The third-order valence-electron chi connectivity index (χ3n) is 4.52. The molecule has 1 unspecified atom stereocenters. The van der Waals surface area contributed by atoms with E-state index in [0.29, 0.717) is 5.69 Å². The smallest absolute Gasteiger partial charge is 0.326 e. The minimum absolute atomic E-state index is 0.140. The second-order valence-electron chi connectivity index (χ2n) is 6.26. The molecule has 0 spiro atoms. The predicted octanol–water partition coefficient (Wildman–Crippen LogP) is 1.18. The number of nitrogens with one attached hydrogen (secondary N) is 2. The van der Waals surface area contributed by atoms with E-state index in [1.54, 1.807) is 0 Å². The van der Waals surface area contributed by atoms with Gasteiger partial charge in [0.15, 0.2) is 0 Å². The van der Waals surface area contributed by atoms with Crippen molar-refractivity contribution in [1.82, 2.24) is 24.8 Å². The fourth-order valence-electron chi connectivity index (χ4n) is 3.29. The van der Waals surface area contributed by atoms with Crippen LogP contribution in [0.2, 0.25) is 0 Å². The minimum atomic E-state index is -1.01. The monoisotopic (exact) mass is 339 g/mol. The molecule has 2 aromatic heterocycles. The molecule has 1 aromatic carbocycles. The van der Waals surface area contributed by atoms with Gasteiger partial charge in [-0.3, -0.25) is 4.79 Å². The lowest BCUT2D eigenvalue weighted by Gasteiger charge is -2.32. The molecular weight excluding hydrogens is 322 g/mol. The van der Waals surface area contributed by atoms with E-state index in [9.17, 15) is 14.7 Å². The van der Waals surface area contributed by atoms with E-state index in [4.69, 9.17) is 0 Å². The number of hydrogen-bond donors (Lipinski definition) is 3. The summed E-state index contributed by atoms with van der Waals surface area (Å²) in [5.41, 5.74) is 4.04. The molecule has 25 heavy (non-hydrogen) atoms. The lowest BCUT2D eigenvalue weighted by Crippen LogP contribution is -2.49. The third-order valence-corrected chi connectivity index (χ3v) is 4.52. The van der Waals surface area contributed by atoms with E-state index in [1.165, 1.54) is 11.2 Å². The topological polar surface area (TPSA) is 115 Å². The molecule has 3 aromatic rings. The number of carboxylic acid groups (broad SMARTS) is 1. The molecule has 1 amide bonds. The summed E-state index contributed by atoms with van der Waals surface area (Å²) in [6.07, 6.45) is 1.89. The molecule has 0 fully saturated rings. The molecule has 4 rings (SSSR count). The van der Waals surface area contributed by atoms with Crippen LogP contribution < -0.4 is 0 Å². The van der Waals surface area contributed by atoms with Crippen molar-refractivity contribution in [3.63, 3.8) is 0 Å². The maximum atomic E-state index is 12.8. The molecule has 128 valence electrons. The van der Waals surface area contributed by atoms with Gasteiger partial charge in [0.2, 0.25) is 5.91 Å². The average molecular weight is 339 g/mol. The van der Waals surface area contributed by atoms with Gasteiger partial charge in [-0.15, -0.1) is 0 Å². The maximum absolute atomic E-state index is 12.8. The van der Waals surface area contributed by atoms with Gasteiger partial charge in [0.1, 0.15) is 11.9 Å². The number of aromatic nitrogens is 4. The van der Waals surface area contributed by atoms with Gasteiger partial charge in [-0.25, -0.2) is 14.8 Å². The highest BCUT2D eigenvalue weighted by Gasteiger charge is 2.35. The number of rotatable bonds is 3. The van der Waals surface area contributed by atoms with Gasteiger partial charge < -0.3 is 20.0 Å². The van der Waals surface area contributed by atoms with Gasteiger partial charge in [-0.05, 0) is 24.6 Å². The number of carboxylic acids is 1. The van der Waals surface area contributed by atoms with Crippen LogP contribution in [0.3, 0.4) is 0 Å². The number of fused-ring (bicyclic) bond motifs is 2. The van der Waals surface area contributed by atoms with Gasteiger partial charge in [0.05, 0.1) is 41.7 Å². The number of aliphatic carboxylic acids is 1. The first-order valence-electron chi connectivity index (χ1n) is 8.00. The average Bonchev–Trinajstić information content (AvgIpc) is 3.17. The van der Waals surface area contributed by atoms with Crippen LogP contribution in [-0.4, -0.2) is 47.9 Å². The molecule has 0 bridgehead atoms. The molecule has 8 nitrogen and oxygen atoms in total. The SMILES string of the molecule is Cc1nc2ccc(CC(=O)N3Cc4[nH]cnc4CC3C(=O)O)cc2[nH]1. The number of benzene rings is 1. The number of amides is 1. The first-order chi connectivity index (χ1) is 12.0. The van der Waals surface area contributed by atoms with Crippen molar-refractivity contribution in [2.75, 3.05) is 0 Å². The Morgan fingerprint density at radius 1 is 1.40 bits per heavy atom. The summed E-state index contributed by atoms with van der Waals surface area (Å²) in [6, 6.07) is 4.71. The van der Waals surface area contributed by atoms with Crippen molar-refractivity contribution in [3.8, 4) is 0 Å². The van der Waals surface area contributed by atoms with E-state index in [0.717, 1.165) is 28.1 Å². The first-order valence-corrected chi connectivity index (χ1v) is 8.00. The number of aryl methyl sites for hydroxylation is 1. The van der Waals surface area contributed by atoms with E-state index in [-0.39, 0.29) is 25.3 Å². The molecule has 1 atom stereocenters. The Balaban J connectivity index is 1.58. The zero-order chi connectivity index (χ0) is 17.6. The fourth-order valence-corrected chi connectivity index (χ4v) is 3.29. The number of H-pyrrole nitrogens is 2. The minimum Gasteiger partial charge on any atom is -0.480 e. The highest BCUT2D eigenvalue weighted by atomic mass is 16.4. The summed E-state index contributed by atoms with van der Waals surface area (Å²) in [7, 11) is 0. The number of nitrogens with zero attached hydrogens (tertiary/aromatic N) is 3. The van der Waals surface area contributed by atoms with E-state index >= 15 is 0 Å². The van der Waals surface area contributed by atoms with Crippen LogP contribution in [-0.2, 0) is 29.0 Å². The van der Waals surface area contributed by atoms with Crippen molar-refractivity contribution in [1.29, 1.82) is 0 Å². The second kappa shape index (κ2) is 5.73. The number of carbonyl (C=O) groups excluding carboxylic acids is 1. The standard InChI is InChI=1S/C17H17N5O3/c1-9-20-11-3-2-10(4-13(11)21-9)5-16(23)22-7-14-12(18-8-19-14)6-15(22)17(24)25/h2-4,8,15H,5-7H2,1H3,(H,18,19)(H,20,21)(H,24,25). The van der Waals surface area contributed by atoms with Crippen LogP contribution in [0.4, 0.5) is 0 Å². The Hall–Kier alpha value is -3.16. The van der Waals surface area contributed by atoms with Crippen molar-refractivity contribution >= 4 is 22.9 Å². The van der Waals surface area contributed by atoms with Gasteiger partial charge in [-0.2, -0.15) is 0 Å². The quantitative estimate of drug-likeness (QED) is 0.663. The van der Waals surface area contributed by atoms with Crippen LogP contribution >= 0.6 is 0 Å². The van der Waals surface area contributed by atoms with E-state index in [1.807, 2.05) is 25.1 Å². The molecule has 3 heterocycles. The number of hydrogen-bond acceptors (Lipinski definition) is 4. The van der Waals surface area contributed by atoms with E-state index in [2.05, 4.69) is 19.9 Å². The van der Waals surface area contributed by atoms with Gasteiger partial charge in [0, 0.05) is 6.42 Å². The summed E-state index contributed by atoms with van der Waals surface area (Å²) in [5.74, 6) is -0.419. The highest BCUT2D eigenvalue weighted by Crippen LogP contribution is 2.22. The van der Waals surface area contributed by atoms with Crippen molar-refractivity contribution < 1.29 is 14.7 Å². The molecule has 8 heteroatoms. The summed E-state index contributed by atoms with van der Waals surface area (Å²) in [6.45, 7) is 2.11. The Morgan fingerprint density at radius 3 is 3.04 bits per heavy atom. The van der Waals surface area contributed by atoms with Crippen molar-refractivity contribution in [2.45, 2.75) is 32.4 Å². The molecule has 0 radical (unpaired) electrons. The maximum Gasteiger partial charge on any atom is 0.326 e. The molecule has 0 saturated carbocycles. The lowest BCUT2D eigenvalue weighted by molar-refractivity contribution is -0.151. The fraction of sp³-hybridized carbons (Fsp3) is 0.294. The number of carbonyl (C=O) groups is 2. The highest BCUT2D eigenvalue weighted by molar-refractivity contribution is 5.86. The zero-order valence-corrected chi connectivity index (χ0v) is 13.6. The molecule has 0 aliphatic carbocycles. The van der Waals surface area contributed by atoms with E-state index < -0.39 is 12.0 Å². The van der Waals surface area contributed by atoms with Crippen molar-refractivity contribution in [2.24, 2.45) is 0 Å². The predicted molar refractivity (Wildman–Crippen MR) is 88.8 cm³/mol. The summed E-state index contributed by atoms with van der Waals surface area (Å²) >= 11 is 0. The summed E-state index contributed by atoms with van der Waals surface area (Å²) in [5, 5.41) is 9.49. The van der Waals surface area contributed by atoms with Gasteiger partial charge >= 0.3 is 5.97 Å². The van der Waals surface area contributed by atoms with Crippen LogP contribution in [0, 0.1) is 6.92 Å². The summed E-state index contributed by atoms with van der Waals surface area (Å²) < 4.78 is 0. The van der Waals surface area contributed by atoms with Crippen LogP contribution in [0.5, 0.6) is 0 Å². The molecule has 3 N–H and O–H groups in total. The second-order valence-corrected chi connectivity index (χ2v) is 6.26. The zero-order valence-electron chi connectivity index (χ0n) is 13.6. The molecule has 1 aliphatic rings. The lowest BCUT2D eigenvalue weighted by atomic mass is 10.0. The van der Waals surface area contributed by atoms with Crippen LogP contribution in [0.25, 0.3) is 11.0 Å². The van der Waals surface area contributed by atoms with Crippen LogP contribution in [0.15, 0.2) is 24.5 Å². The molecule has 1 aliphatic heterocycles. The van der Waals surface area contributed by atoms with Gasteiger partial charge in [-0.1, -0.05) is 6.07 Å². The number of imidazole rings is 2. The molecule has 0 saturated heterocycles. The Bertz CT molecular complexity index is 974. The summed E-state index contributed by atoms with van der Waals surface area (Å²) in [4.78, 5) is 40.4. The first kappa shape index (κ1) is 15.4. The number of aromatic amines is 2. The van der Waals surface area contributed by atoms with Crippen LogP contribution in [0.1, 0.15) is 22.8 Å². The third kappa shape index (κ3) is 2.75. The Kier molecular flexibility index (Phi) is 3.52. The van der Waals surface area contributed by atoms with Gasteiger partial charge in [0.25, 0.3) is 0 Å².